The Kier molecular flexibility index (Phi) is 3.90. The van der Waals surface area contributed by atoms with Gasteiger partial charge in [0.25, 0.3) is 0 Å². The third kappa shape index (κ3) is 2.73. The average molecular weight is 256 g/mol. The van der Waals surface area contributed by atoms with E-state index >= 15 is 0 Å². The number of thiazole rings is 1. The summed E-state index contributed by atoms with van der Waals surface area (Å²) in [5.74, 6) is 0. The summed E-state index contributed by atoms with van der Waals surface area (Å²) in [6.45, 7) is 1.57. The minimum absolute atomic E-state index is 0.108. The predicted octanol–water partition coefficient (Wildman–Crippen LogP) is 1.76. The van der Waals surface area contributed by atoms with E-state index < -0.39 is 0 Å². The molecule has 0 saturated carbocycles. The van der Waals surface area contributed by atoms with Crippen molar-refractivity contribution >= 4 is 21.5 Å². The van der Waals surface area contributed by atoms with Gasteiger partial charge in [0.15, 0.2) is 5.13 Å². The van der Waals surface area contributed by atoms with Crippen molar-refractivity contribution in [3.8, 4) is 0 Å². The molecule has 0 radical (unpaired) electrons. The number of nitrogens with zero attached hydrogens (tertiary/aromatic N) is 3. The standard InChI is InChI=1S/C10H16N4O2S/c11-5-4-8-3-1-2-6-13(8)10-12-7-9(17-10)14(15)16/h7-8H,1-6,11H2. The van der Waals surface area contributed by atoms with E-state index in [9.17, 15) is 10.1 Å². The summed E-state index contributed by atoms with van der Waals surface area (Å²) in [6.07, 6.45) is 5.69. The molecule has 1 aromatic rings. The normalized spacial score (nSPS) is 20.5. The van der Waals surface area contributed by atoms with E-state index in [0.717, 1.165) is 42.3 Å². The first-order valence-electron chi connectivity index (χ1n) is 5.79. The highest BCUT2D eigenvalue weighted by atomic mass is 32.1. The molecule has 0 aliphatic carbocycles. The maximum Gasteiger partial charge on any atom is 0.345 e. The zero-order valence-corrected chi connectivity index (χ0v) is 10.4. The number of hydrogen-bond donors (Lipinski definition) is 1. The third-order valence-corrected chi connectivity index (χ3v) is 4.02. The van der Waals surface area contributed by atoms with Crippen LogP contribution in [0.5, 0.6) is 0 Å². The van der Waals surface area contributed by atoms with E-state index in [1.54, 1.807) is 0 Å². The van der Waals surface area contributed by atoms with E-state index in [1.165, 1.54) is 12.6 Å². The molecule has 1 aliphatic rings. The molecular weight excluding hydrogens is 240 g/mol. The Balaban J connectivity index is 2.14. The number of rotatable bonds is 4. The van der Waals surface area contributed by atoms with Crippen molar-refractivity contribution in [2.45, 2.75) is 31.7 Å². The van der Waals surface area contributed by atoms with Gasteiger partial charge < -0.3 is 10.6 Å². The van der Waals surface area contributed by atoms with Crippen LogP contribution < -0.4 is 10.6 Å². The number of hydrogen-bond acceptors (Lipinski definition) is 6. The molecule has 7 heteroatoms. The molecule has 0 spiro atoms. The van der Waals surface area contributed by atoms with Crippen molar-refractivity contribution in [2.24, 2.45) is 5.73 Å². The first-order chi connectivity index (χ1) is 8.22. The zero-order chi connectivity index (χ0) is 12.3. The summed E-state index contributed by atoms with van der Waals surface area (Å²) >= 11 is 1.15. The molecule has 2 rings (SSSR count). The summed E-state index contributed by atoms with van der Waals surface area (Å²) in [7, 11) is 0. The number of piperidine rings is 1. The van der Waals surface area contributed by atoms with Gasteiger partial charge in [-0.15, -0.1) is 0 Å². The van der Waals surface area contributed by atoms with Gasteiger partial charge in [-0.3, -0.25) is 10.1 Å². The first-order valence-corrected chi connectivity index (χ1v) is 6.61. The van der Waals surface area contributed by atoms with Crippen LogP contribution in [0.3, 0.4) is 0 Å². The molecule has 1 aliphatic heterocycles. The Morgan fingerprint density at radius 2 is 2.47 bits per heavy atom. The van der Waals surface area contributed by atoms with Gasteiger partial charge in [-0.1, -0.05) is 0 Å². The maximum absolute atomic E-state index is 10.6. The Labute approximate surface area is 104 Å². The van der Waals surface area contributed by atoms with Crippen LogP contribution in [0.15, 0.2) is 6.20 Å². The molecule has 0 bridgehead atoms. The minimum Gasteiger partial charge on any atom is -0.345 e. The Hall–Kier alpha value is -1.21. The summed E-state index contributed by atoms with van der Waals surface area (Å²) in [4.78, 5) is 16.6. The lowest BCUT2D eigenvalue weighted by molar-refractivity contribution is -0.380. The molecule has 94 valence electrons. The highest BCUT2D eigenvalue weighted by Crippen LogP contribution is 2.33. The second kappa shape index (κ2) is 5.42. The Morgan fingerprint density at radius 1 is 1.65 bits per heavy atom. The zero-order valence-electron chi connectivity index (χ0n) is 9.54. The highest BCUT2D eigenvalue weighted by molar-refractivity contribution is 7.18. The van der Waals surface area contributed by atoms with E-state index in [-0.39, 0.29) is 9.92 Å². The third-order valence-electron chi connectivity index (χ3n) is 3.03. The van der Waals surface area contributed by atoms with E-state index in [4.69, 9.17) is 5.73 Å². The van der Waals surface area contributed by atoms with Crippen molar-refractivity contribution < 1.29 is 4.92 Å². The van der Waals surface area contributed by atoms with Crippen molar-refractivity contribution in [2.75, 3.05) is 18.0 Å². The fourth-order valence-electron chi connectivity index (χ4n) is 2.22. The van der Waals surface area contributed by atoms with Crippen LogP contribution in [-0.4, -0.2) is 29.0 Å². The van der Waals surface area contributed by atoms with Crippen molar-refractivity contribution in [1.29, 1.82) is 0 Å². The van der Waals surface area contributed by atoms with Crippen molar-refractivity contribution in [1.82, 2.24) is 4.98 Å². The van der Waals surface area contributed by atoms with Gasteiger partial charge in [-0.2, -0.15) is 0 Å². The number of anilines is 1. The molecule has 17 heavy (non-hydrogen) atoms. The van der Waals surface area contributed by atoms with Gasteiger partial charge in [0.1, 0.15) is 6.20 Å². The summed E-state index contributed by atoms with van der Waals surface area (Å²) in [6, 6.07) is 0.388. The molecule has 0 amide bonds. The molecular formula is C10H16N4O2S. The number of aromatic nitrogens is 1. The first kappa shape index (κ1) is 12.3. The number of nitro groups is 1. The van der Waals surface area contributed by atoms with Crippen molar-refractivity contribution in [3.05, 3.63) is 16.3 Å². The largest absolute Gasteiger partial charge is 0.345 e. The Morgan fingerprint density at radius 3 is 3.12 bits per heavy atom. The second-order valence-electron chi connectivity index (χ2n) is 4.16. The summed E-state index contributed by atoms with van der Waals surface area (Å²) < 4.78 is 0. The van der Waals surface area contributed by atoms with Gasteiger partial charge in [-0.25, -0.2) is 4.98 Å². The van der Waals surface area contributed by atoms with Gasteiger partial charge in [-0.05, 0) is 43.6 Å². The van der Waals surface area contributed by atoms with Crippen LogP contribution >= 0.6 is 11.3 Å². The molecule has 0 aromatic carbocycles. The minimum atomic E-state index is -0.386. The molecule has 6 nitrogen and oxygen atoms in total. The topological polar surface area (TPSA) is 85.3 Å². The maximum atomic E-state index is 10.6. The second-order valence-corrected chi connectivity index (χ2v) is 5.15. The molecule has 1 saturated heterocycles. The summed E-state index contributed by atoms with van der Waals surface area (Å²) in [5.41, 5.74) is 5.60. The van der Waals surface area contributed by atoms with E-state index in [1.807, 2.05) is 0 Å². The lowest BCUT2D eigenvalue weighted by Crippen LogP contribution is -2.40. The van der Waals surface area contributed by atoms with Crippen LogP contribution in [0.25, 0.3) is 0 Å². The van der Waals surface area contributed by atoms with Crippen LogP contribution in [0.4, 0.5) is 10.1 Å². The fourth-order valence-corrected chi connectivity index (χ4v) is 3.05. The molecule has 2 N–H and O–H groups in total. The van der Waals surface area contributed by atoms with Gasteiger partial charge in [0, 0.05) is 12.6 Å². The smallest absolute Gasteiger partial charge is 0.345 e. The molecule has 1 atom stereocenters. The van der Waals surface area contributed by atoms with Gasteiger partial charge in [0.05, 0.1) is 4.92 Å². The van der Waals surface area contributed by atoms with Gasteiger partial charge in [0.2, 0.25) is 0 Å². The van der Waals surface area contributed by atoms with E-state index in [2.05, 4.69) is 9.88 Å². The quantitative estimate of drug-likeness (QED) is 0.655. The summed E-state index contributed by atoms with van der Waals surface area (Å²) in [5, 5.41) is 11.5. The van der Waals surface area contributed by atoms with Crippen molar-refractivity contribution in [3.63, 3.8) is 0 Å². The lowest BCUT2D eigenvalue weighted by Gasteiger charge is -2.35. The SMILES string of the molecule is NCCC1CCCCN1c1ncc([N+](=O)[O-])s1. The average Bonchev–Trinajstić information content (AvgIpc) is 2.79. The lowest BCUT2D eigenvalue weighted by atomic mass is 10.0. The van der Waals surface area contributed by atoms with Crippen LogP contribution in [0.2, 0.25) is 0 Å². The van der Waals surface area contributed by atoms with Crippen LogP contribution in [0.1, 0.15) is 25.7 Å². The van der Waals surface area contributed by atoms with Gasteiger partial charge >= 0.3 is 5.00 Å². The monoisotopic (exact) mass is 256 g/mol. The predicted molar refractivity (Wildman–Crippen MR) is 67.4 cm³/mol. The highest BCUT2D eigenvalue weighted by Gasteiger charge is 2.25. The van der Waals surface area contributed by atoms with E-state index in [0.29, 0.717) is 12.6 Å². The molecule has 1 unspecified atom stereocenters. The number of nitrogens with two attached hydrogens (primary N) is 1. The van der Waals surface area contributed by atoms with Crippen LogP contribution in [0, 0.1) is 10.1 Å². The Bertz CT molecular complexity index is 393. The molecule has 2 heterocycles. The fraction of sp³-hybridized carbons (Fsp3) is 0.700. The molecule has 1 fully saturated rings. The van der Waals surface area contributed by atoms with Crippen LogP contribution in [-0.2, 0) is 0 Å². The molecule has 1 aromatic heterocycles.